The standard InChI is InChI=1S/C19H20BrN3O2/c1-10-6-12-3-4-13(7-10)23(12)9-16-21-17-14-8-11(20)2-5-15(14)25-18(17)19(24)22-16/h2,5,8,10,12-13H,3-4,6-7,9H2,1H3,(H,21,22,24). The molecule has 0 amide bonds. The number of H-pyrrole nitrogens is 1. The maximum Gasteiger partial charge on any atom is 0.294 e. The van der Waals surface area contributed by atoms with E-state index in [4.69, 9.17) is 9.40 Å². The smallest absolute Gasteiger partial charge is 0.294 e. The van der Waals surface area contributed by atoms with Crippen molar-refractivity contribution in [1.29, 1.82) is 0 Å². The monoisotopic (exact) mass is 401 g/mol. The summed E-state index contributed by atoms with van der Waals surface area (Å²) in [6, 6.07) is 7.00. The van der Waals surface area contributed by atoms with Gasteiger partial charge in [0.2, 0.25) is 5.58 Å². The van der Waals surface area contributed by atoms with Gasteiger partial charge in [-0.3, -0.25) is 9.69 Å². The van der Waals surface area contributed by atoms with E-state index in [0.29, 0.717) is 35.3 Å². The summed E-state index contributed by atoms with van der Waals surface area (Å²) in [4.78, 5) is 22.8. The lowest BCUT2D eigenvalue weighted by Gasteiger charge is -2.37. The van der Waals surface area contributed by atoms with E-state index in [1.165, 1.54) is 25.7 Å². The van der Waals surface area contributed by atoms with Crippen molar-refractivity contribution in [3.8, 4) is 0 Å². The van der Waals surface area contributed by atoms with Gasteiger partial charge in [0, 0.05) is 21.9 Å². The highest BCUT2D eigenvalue weighted by Crippen LogP contribution is 2.39. The van der Waals surface area contributed by atoms with Crippen LogP contribution in [-0.4, -0.2) is 27.0 Å². The van der Waals surface area contributed by atoms with Crippen molar-refractivity contribution in [2.45, 2.75) is 51.2 Å². The SMILES string of the molecule is CC1CC2CCC(C1)N2Cc1nc2c(oc3ccc(Br)cc32)c(=O)[nH]1. The van der Waals surface area contributed by atoms with Gasteiger partial charge in [0.15, 0.2) is 0 Å². The first-order valence-electron chi connectivity index (χ1n) is 8.95. The normalized spacial score (nSPS) is 26.7. The molecule has 2 atom stereocenters. The molecule has 2 aliphatic heterocycles. The van der Waals surface area contributed by atoms with Crippen molar-refractivity contribution in [1.82, 2.24) is 14.9 Å². The largest absolute Gasteiger partial charge is 0.449 e. The number of halogens is 1. The maximum atomic E-state index is 12.5. The highest BCUT2D eigenvalue weighted by Gasteiger charge is 2.39. The van der Waals surface area contributed by atoms with Gasteiger partial charge >= 0.3 is 0 Å². The van der Waals surface area contributed by atoms with Crippen molar-refractivity contribution in [3.63, 3.8) is 0 Å². The predicted octanol–water partition coefficient (Wildman–Crippen LogP) is 4.19. The Hall–Kier alpha value is -1.66. The Balaban J connectivity index is 1.57. The summed E-state index contributed by atoms with van der Waals surface area (Å²) in [7, 11) is 0. The van der Waals surface area contributed by atoms with Gasteiger partial charge in [-0.15, -0.1) is 0 Å². The van der Waals surface area contributed by atoms with Crippen molar-refractivity contribution in [2.75, 3.05) is 0 Å². The molecule has 2 unspecified atom stereocenters. The van der Waals surface area contributed by atoms with Gasteiger partial charge in [0.05, 0.1) is 6.54 Å². The van der Waals surface area contributed by atoms with Crippen LogP contribution in [0.2, 0.25) is 0 Å². The summed E-state index contributed by atoms with van der Waals surface area (Å²) in [6.07, 6.45) is 5.04. The third kappa shape index (κ3) is 2.54. The lowest BCUT2D eigenvalue weighted by Crippen LogP contribution is -2.42. The van der Waals surface area contributed by atoms with Gasteiger partial charge in [-0.25, -0.2) is 4.98 Å². The Morgan fingerprint density at radius 1 is 1.32 bits per heavy atom. The second-order valence-corrected chi connectivity index (χ2v) is 8.48. The number of nitrogens with one attached hydrogen (secondary N) is 1. The molecule has 1 N–H and O–H groups in total. The molecule has 0 spiro atoms. The molecule has 2 aromatic heterocycles. The fourth-order valence-electron chi connectivity index (χ4n) is 4.72. The van der Waals surface area contributed by atoms with Crippen LogP contribution < -0.4 is 5.56 Å². The van der Waals surface area contributed by atoms with Gasteiger partial charge in [0.1, 0.15) is 16.9 Å². The van der Waals surface area contributed by atoms with Gasteiger partial charge in [-0.2, -0.15) is 0 Å². The van der Waals surface area contributed by atoms with Crippen LogP contribution >= 0.6 is 15.9 Å². The number of piperidine rings is 1. The van der Waals surface area contributed by atoms with Crippen LogP contribution in [0, 0.1) is 5.92 Å². The number of fused-ring (bicyclic) bond motifs is 5. The fraction of sp³-hybridized carbons (Fsp3) is 0.474. The number of nitrogens with zero attached hydrogens (tertiary/aromatic N) is 2. The van der Waals surface area contributed by atoms with E-state index < -0.39 is 0 Å². The van der Waals surface area contributed by atoms with E-state index in [1.54, 1.807) is 0 Å². The molecule has 4 heterocycles. The first kappa shape index (κ1) is 15.6. The zero-order valence-corrected chi connectivity index (χ0v) is 15.7. The minimum Gasteiger partial charge on any atom is -0.449 e. The summed E-state index contributed by atoms with van der Waals surface area (Å²) in [5, 5.41) is 0.881. The molecule has 2 aliphatic rings. The van der Waals surface area contributed by atoms with Crippen molar-refractivity contribution >= 4 is 38.0 Å². The number of hydrogen-bond donors (Lipinski definition) is 1. The van der Waals surface area contributed by atoms with Crippen LogP contribution in [0.25, 0.3) is 22.1 Å². The average molecular weight is 402 g/mol. The van der Waals surface area contributed by atoms with Gasteiger partial charge in [-0.05, 0) is 49.8 Å². The van der Waals surface area contributed by atoms with E-state index in [2.05, 4.69) is 32.7 Å². The van der Waals surface area contributed by atoms with E-state index in [1.807, 2.05) is 18.2 Å². The van der Waals surface area contributed by atoms with Gasteiger partial charge in [0.25, 0.3) is 5.56 Å². The fourth-order valence-corrected chi connectivity index (χ4v) is 5.09. The molecule has 1 aromatic carbocycles. The highest BCUT2D eigenvalue weighted by atomic mass is 79.9. The number of rotatable bonds is 2. The molecule has 0 aliphatic carbocycles. The second kappa shape index (κ2) is 5.68. The van der Waals surface area contributed by atoms with Crippen LogP contribution in [-0.2, 0) is 6.54 Å². The molecule has 3 aromatic rings. The third-order valence-electron chi connectivity index (χ3n) is 5.79. The topological polar surface area (TPSA) is 62.1 Å². The molecule has 25 heavy (non-hydrogen) atoms. The molecule has 0 radical (unpaired) electrons. The zero-order valence-electron chi connectivity index (χ0n) is 14.1. The summed E-state index contributed by atoms with van der Waals surface area (Å²) in [6.45, 7) is 3.07. The van der Waals surface area contributed by atoms with Crippen LogP contribution in [0.4, 0.5) is 0 Å². The molecule has 130 valence electrons. The van der Waals surface area contributed by atoms with Crippen LogP contribution in [0.5, 0.6) is 0 Å². The average Bonchev–Trinajstić information content (AvgIpc) is 3.03. The number of furan rings is 1. The first-order chi connectivity index (χ1) is 12.1. The zero-order chi connectivity index (χ0) is 17.1. The minimum atomic E-state index is -0.190. The highest BCUT2D eigenvalue weighted by molar-refractivity contribution is 9.10. The lowest BCUT2D eigenvalue weighted by molar-refractivity contribution is 0.0994. The van der Waals surface area contributed by atoms with E-state index >= 15 is 0 Å². The minimum absolute atomic E-state index is 0.190. The summed E-state index contributed by atoms with van der Waals surface area (Å²) < 4.78 is 6.66. The molecule has 2 fully saturated rings. The molecule has 2 bridgehead atoms. The number of aromatic nitrogens is 2. The Morgan fingerprint density at radius 3 is 2.84 bits per heavy atom. The molecule has 2 saturated heterocycles. The van der Waals surface area contributed by atoms with Crippen molar-refractivity contribution in [2.24, 2.45) is 5.92 Å². The number of hydrogen-bond acceptors (Lipinski definition) is 4. The van der Waals surface area contributed by atoms with E-state index in [9.17, 15) is 4.79 Å². The molecule has 6 heteroatoms. The molecular weight excluding hydrogens is 382 g/mol. The number of aromatic amines is 1. The lowest BCUT2D eigenvalue weighted by atomic mass is 9.92. The Labute approximate surface area is 153 Å². The quantitative estimate of drug-likeness (QED) is 0.698. The Kier molecular flexibility index (Phi) is 3.54. The summed E-state index contributed by atoms with van der Waals surface area (Å²) in [5.74, 6) is 1.55. The van der Waals surface area contributed by atoms with Gasteiger partial charge in [-0.1, -0.05) is 22.9 Å². The third-order valence-corrected chi connectivity index (χ3v) is 6.28. The van der Waals surface area contributed by atoms with Crippen LogP contribution in [0.15, 0.2) is 31.9 Å². The molecule has 5 nitrogen and oxygen atoms in total. The maximum absolute atomic E-state index is 12.5. The second-order valence-electron chi connectivity index (χ2n) is 7.57. The van der Waals surface area contributed by atoms with Gasteiger partial charge < -0.3 is 9.40 Å². The van der Waals surface area contributed by atoms with Crippen LogP contribution in [0.1, 0.15) is 38.4 Å². The molecular formula is C19H20BrN3O2. The molecule has 0 saturated carbocycles. The summed E-state index contributed by atoms with van der Waals surface area (Å²) in [5.41, 5.74) is 1.48. The number of benzene rings is 1. The summed E-state index contributed by atoms with van der Waals surface area (Å²) >= 11 is 3.49. The molecule has 5 rings (SSSR count). The van der Waals surface area contributed by atoms with E-state index in [0.717, 1.165) is 21.6 Å². The predicted molar refractivity (Wildman–Crippen MR) is 101 cm³/mol. The van der Waals surface area contributed by atoms with Crippen molar-refractivity contribution < 1.29 is 4.42 Å². The first-order valence-corrected chi connectivity index (χ1v) is 9.74. The Morgan fingerprint density at radius 2 is 2.08 bits per heavy atom. The Bertz CT molecular complexity index is 1010. The van der Waals surface area contributed by atoms with Crippen molar-refractivity contribution in [3.05, 3.63) is 38.9 Å². The van der Waals surface area contributed by atoms with Crippen LogP contribution in [0.3, 0.4) is 0 Å². The van der Waals surface area contributed by atoms with E-state index in [-0.39, 0.29) is 5.56 Å².